The molecular formula is C16H13NO3S2. The monoisotopic (exact) mass is 331 g/mol. The Morgan fingerprint density at radius 1 is 1.32 bits per heavy atom. The van der Waals surface area contributed by atoms with E-state index in [2.05, 4.69) is 0 Å². The third-order valence-corrected chi connectivity index (χ3v) is 4.56. The Morgan fingerprint density at radius 3 is 2.73 bits per heavy atom. The number of furan rings is 1. The molecular weight excluding hydrogens is 318 g/mol. The summed E-state index contributed by atoms with van der Waals surface area (Å²) in [7, 11) is 1.62. The number of thiocarbonyl (C=S) groups is 1. The van der Waals surface area contributed by atoms with Crippen molar-refractivity contribution in [2.24, 2.45) is 0 Å². The van der Waals surface area contributed by atoms with Crippen LogP contribution in [0.25, 0.3) is 6.08 Å². The molecule has 0 atom stereocenters. The van der Waals surface area contributed by atoms with Gasteiger partial charge in [-0.1, -0.05) is 36.1 Å². The second kappa shape index (κ2) is 6.37. The van der Waals surface area contributed by atoms with Crippen molar-refractivity contribution in [3.8, 4) is 5.75 Å². The summed E-state index contributed by atoms with van der Waals surface area (Å²) in [4.78, 5) is 14.6. The Kier molecular flexibility index (Phi) is 4.31. The van der Waals surface area contributed by atoms with Gasteiger partial charge in [0.1, 0.15) is 15.8 Å². The van der Waals surface area contributed by atoms with E-state index in [0.29, 0.717) is 21.5 Å². The van der Waals surface area contributed by atoms with Crippen LogP contribution in [-0.2, 0) is 11.3 Å². The topological polar surface area (TPSA) is 42.7 Å². The van der Waals surface area contributed by atoms with E-state index in [1.807, 2.05) is 36.4 Å². The minimum absolute atomic E-state index is 0.0952. The van der Waals surface area contributed by atoms with Gasteiger partial charge in [0.2, 0.25) is 0 Å². The lowest BCUT2D eigenvalue weighted by Gasteiger charge is -2.11. The number of hydrogen-bond donors (Lipinski definition) is 0. The molecule has 0 saturated carbocycles. The van der Waals surface area contributed by atoms with Gasteiger partial charge in [0.05, 0.1) is 24.8 Å². The fourth-order valence-corrected chi connectivity index (χ4v) is 3.30. The van der Waals surface area contributed by atoms with E-state index in [1.54, 1.807) is 24.3 Å². The molecule has 0 spiro atoms. The first-order valence-electron chi connectivity index (χ1n) is 6.59. The zero-order valence-corrected chi connectivity index (χ0v) is 13.4. The van der Waals surface area contributed by atoms with Gasteiger partial charge in [0, 0.05) is 0 Å². The molecule has 3 rings (SSSR count). The number of carbonyl (C=O) groups excluding carboxylic acids is 1. The van der Waals surface area contributed by atoms with Gasteiger partial charge in [0.15, 0.2) is 0 Å². The van der Waals surface area contributed by atoms with Crippen LogP contribution in [0.2, 0.25) is 0 Å². The smallest absolute Gasteiger partial charge is 0.266 e. The number of amides is 1. The highest BCUT2D eigenvalue weighted by molar-refractivity contribution is 8.26. The highest BCUT2D eigenvalue weighted by atomic mass is 32.2. The number of benzene rings is 1. The summed E-state index contributed by atoms with van der Waals surface area (Å²) >= 11 is 6.59. The summed E-state index contributed by atoms with van der Waals surface area (Å²) in [6, 6.07) is 11.1. The standard InChI is InChI=1S/C16H13NO3S2/c1-19-12-6-4-11(5-7-12)9-14-15(18)17(16(21)22-14)10-13-3-2-8-20-13/h2-9H,10H2,1H3/b14-9-. The van der Waals surface area contributed by atoms with Crippen LogP contribution >= 0.6 is 24.0 Å². The van der Waals surface area contributed by atoms with Gasteiger partial charge < -0.3 is 9.15 Å². The molecule has 1 fully saturated rings. The minimum atomic E-state index is -0.0952. The van der Waals surface area contributed by atoms with Gasteiger partial charge in [-0.05, 0) is 35.9 Å². The maximum atomic E-state index is 12.5. The lowest BCUT2D eigenvalue weighted by Crippen LogP contribution is -2.27. The highest BCUT2D eigenvalue weighted by Crippen LogP contribution is 2.33. The molecule has 22 heavy (non-hydrogen) atoms. The Bertz CT molecular complexity index is 720. The number of nitrogens with zero attached hydrogens (tertiary/aromatic N) is 1. The quantitative estimate of drug-likeness (QED) is 0.631. The predicted octanol–water partition coefficient (Wildman–Crippen LogP) is 3.69. The van der Waals surface area contributed by atoms with Gasteiger partial charge in [-0.2, -0.15) is 0 Å². The fraction of sp³-hybridized carbons (Fsp3) is 0.125. The van der Waals surface area contributed by atoms with E-state index in [0.717, 1.165) is 11.3 Å². The van der Waals surface area contributed by atoms with Gasteiger partial charge in [0.25, 0.3) is 5.91 Å². The Hall–Kier alpha value is -2.05. The van der Waals surface area contributed by atoms with Crippen LogP contribution in [0.4, 0.5) is 0 Å². The molecule has 4 nitrogen and oxygen atoms in total. The second-order valence-corrected chi connectivity index (χ2v) is 6.30. The van der Waals surface area contributed by atoms with Crippen molar-refractivity contribution in [3.05, 3.63) is 58.9 Å². The summed E-state index contributed by atoms with van der Waals surface area (Å²) in [5.41, 5.74) is 0.930. The summed E-state index contributed by atoms with van der Waals surface area (Å²) in [5.74, 6) is 1.40. The van der Waals surface area contributed by atoms with Gasteiger partial charge >= 0.3 is 0 Å². The second-order valence-electron chi connectivity index (χ2n) is 4.62. The van der Waals surface area contributed by atoms with Crippen molar-refractivity contribution in [1.82, 2.24) is 4.90 Å². The highest BCUT2D eigenvalue weighted by Gasteiger charge is 2.32. The normalized spacial score (nSPS) is 16.6. The Morgan fingerprint density at radius 2 is 2.09 bits per heavy atom. The fourth-order valence-electron chi connectivity index (χ4n) is 2.05. The molecule has 112 valence electrons. The molecule has 6 heteroatoms. The Balaban J connectivity index is 1.78. The van der Waals surface area contributed by atoms with Crippen LogP contribution in [0, 0.1) is 0 Å². The van der Waals surface area contributed by atoms with Crippen molar-refractivity contribution >= 4 is 40.3 Å². The molecule has 0 bridgehead atoms. The molecule has 1 aliphatic heterocycles. The predicted molar refractivity (Wildman–Crippen MR) is 90.4 cm³/mol. The van der Waals surface area contributed by atoms with E-state index < -0.39 is 0 Å². The van der Waals surface area contributed by atoms with Crippen molar-refractivity contribution in [3.63, 3.8) is 0 Å². The SMILES string of the molecule is COc1ccc(/C=C2\SC(=S)N(Cc3ccco3)C2=O)cc1. The van der Waals surface area contributed by atoms with Crippen LogP contribution < -0.4 is 4.74 Å². The average molecular weight is 331 g/mol. The molecule has 1 amide bonds. The first-order valence-corrected chi connectivity index (χ1v) is 7.81. The van der Waals surface area contributed by atoms with E-state index >= 15 is 0 Å². The molecule has 2 aromatic rings. The van der Waals surface area contributed by atoms with E-state index in [9.17, 15) is 4.79 Å². The molecule has 0 radical (unpaired) electrons. The van der Waals surface area contributed by atoms with Gasteiger partial charge in [-0.15, -0.1) is 0 Å². The number of methoxy groups -OCH3 is 1. The van der Waals surface area contributed by atoms with Crippen molar-refractivity contribution < 1.29 is 13.9 Å². The Labute approximate surface area is 137 Å². The third kappa shape index (κ3) is 3.08. The van der Waals surface area contributed by atoms with Gasteiger partial charge in [-0.25, -0.2) is 0 Å². The first-order chi connectivity index (χ1) is 10.7. The van der Waals surface area contributed by atoms with Crippen molar-refractivity contribution in [1.29, 1.82) is 0 Å². The summed E-state index contributed by atoms with van der Waals surface area (Å²) in [6.45, 7) is 0.359. The maximum absolute atomic E-state index is 12.5. The van der Waals surface area contributed by atoms with E-state index in [4.69, 9.17) is 21.4 Å². The molecule has 2 heterocycles. The third-order valence-electron chi connectivity index (χ3n) is 3.18. The average Bonchev–Trinajstić information content (AvgIpc) is 3.13. The molecule has 1 saturated heterocycles. The zero-order valence-electron chi connectivity index (χ0n) is 11.8. The van der Waals surface area contributed by atoms with Crippen LogP contribution in [0.3, 0.4) is 0 Å². The number of hydrogen-bond acceptors (Lipinski definition) is 5. The zero-order chi connectivity index (χ0) is 15.5. The van der Waals surface area contributed by atoms with Crippen LogP contribution in [0.5, 0.6) is 5.75 Å². The molecule has 0 aliphatic carbocycles. The summed E-state index contributed by atoms with van der Waals surface area (Å²) in [5, 5.41) is 0. The van der Waals surface area contributed by atoms with Crippen LogP contribution in [0.1, 0.15) is 11.3 Å². The minimum Gasteiger partial charge on any atom is -0.497 e. The summed E-state index contributed by atoms with van der Waals surface area (Å²) in [6.07, 6.45) is 3.42. The van der Waals surface area contributed by atoms with Crippen LogP contribution in [-0.4, -0.2) is 22.2 Å². The molecule has 0 N–H and O–H groups in total. The van der Waals surface area contributed by atoms with Gasteiger partial charge in [-0.3, -0.25) is 9.69 Å². The van der Waals surface area contributed by atoms with Crippen LogP contribution in [0.15, 0.2) is 52.0 Å². The lowest BCUT2D eigenvalue weighted by atomic mass is 10.2. The lowest BCUT2D eigenvalue weighted by molar-refractivity contribution is -0.122. The number of thioether (sulfide) groups is 1. The number of ether oxygens (including phenoxy) is 1. The summed E-state index contributed by atoms with van der Waals surface area (Å²) < 4.78 is 10.9. The van der Waals surface area contributed by atoms with E-state index in [-0.39, 0.29) is 5.91 Å². The molecule has 1 aliphatic rings. The number of carbonyl (C=O) groups is 1. The number of rotatable bonds is 4. The largest absolute Gasteiger partial charge is 0.497 e. The maximum Gasteiger partial charge on any atom is 0.266 e. The first kappa shape index (κ1) is 14.9. The van der Waals surface area contributed by atoms with Crippen molar-refractivity contribution in [2.45, 2.75) is 6.54 Å². The van der Waals surface area contributed by atoms with E-state index in [1.165, 1.54) is 11.8 Å². The molecule has 1 aromatic heterocycles. The van der Waals surface area contributed by atoms with Crippen molar-refractivity contribution in [2.75, 3.05) is 7.11 Å². The molecule has 1 aromatic carbocycles. The molecule has 0 unspecified atom stereocenters.